The van der Waals surface area contributed by atoms with Crippen LogP contribution in [0.4, 0.5) is 4.39 Å². The van der Waals surface area contributed by atoms with Gasteiger partial charge in [0.25, 0.3) is 0 Å². The van der Waals surface area contributed by atoms with Crippen LogP contribution in [-0.2, 0) is 12.3 Å². The molecule has 0 fully saturated rings. The molecule has 0 saturated carbocycles. The molecule has 0 unspecified atom stereocenters. The summed E-state index contributed by atoms with van der Waals surface area (Å²) in [5, 5.41) is 9.64. The van der Waals surface area contributed by atoms with E-state index in [9.17, 15) is 4.39 Å². The molecule has 0 aliphatic heterocycles. The van der Waals surface area contributed by atoms with Gasteiger partial charge in [0, 0.05) is 23.7 Å². The fourth-order valence-corrected chi connectivity index (χ4v) is 3.64. The molecule has 0 spiro atoms. The van der Waals surface area contributed by atoms with Crippen LogP contribution in [0.2, 0.25) is 0 Å². The third-order valence-corrected chi connectivity index (χ3v) is 5.16. The van der Waals surface area contributed by atoms with Crippen molar-refractivity contribution in [1.29, 1.82) is 0 Å². The zero-order valence-electron chi connectivity index (χ0n) is 14.5. The second-order valence-corrected chi connectivity index (χ2v) is 6.97. The molecule has 2 aromatic carbocycles. The Bertz CT molecular complexity index is 1000. The van der Waals surface area contributed by atoms with Gasteiger partial charge in [-0.1, -0.05) is 54.2 Å². The van der Waals surface area contributed by atoms with Crippen molar-refractivity contribution in [3.05, 3.63) is 96.1 Å². The summed E-state index contributed by atoms with van der Waals surface area (Å²) in [5.74, 6) is 1.28. The van der Waals surface area contributed by atoms with Gasteiger partial charge in [0.05, 0.1) is 6.54 Å². The smallest absolute Gasteiger partial charge is 0.192 e. The standard InChI is InChI=1S/C21H17FN4S/c22-19-8-6-17(7-9-19)15-27-21-25-24-20(18-10-12-23-13-11-18)26(21)14-16-4-2-1-3-5-16/h1-13H,14-15H2. The Balaban J connectivity index is 1.64. The third-order valence-electron chi connectivity index (χ3n) is 4.12. The van der Waals surface area contributed by atoms with Crippen LogP contribution in [0.1, 0.15) is 11.1 Å². The van der Waals surface area contributed by atoms with Gasteiger partial charge in [0.1, 0.15) is 5.82 Å². The molecule has 27 heavy (non-hydrogen) atoms. The number of benzene rings is 2. The monoisotopic (exact) mass is 376 g/mol. The number of hydrogen-bond donors (Lipinski definition) is 0. The van der Waals surface area contributed by atoms with Gasteiger partial charge in [0.2, 0.25) is 0 Å². The maximum atomic E-state index is 13.1. The van der Waals surface area contributed by atoms with Gasteiger partial charge in [-0.25, -0.2) is 4.39 Å². The summed E-state index contributed by atoms with van der Waals surface area (Å²) >= 11 is 1.59. The molecule has 2 aromatic heterocycles. The molecule has 4 nitrogen and oxygen atoms in total. The highest BCUT2D eigenvalue weighted by atomic mass is 32.2. The Labute approximate surface area is 161 Å². The molecule has 2 heterocycles. The van der Waals surface area contributed by atoms with Crippen molar-refractivity contribution < 1.29 is 4.39 Å². The molecular weight excluding hydrogens is 359 g/mol. The van der Waals surface area contributed by atoms with Crippen molar-refractivity contribution >= 4 is 11.8 Å². The fourth-order valence-electron chi connectivity index (χ4n) is 2.75. The fraction of sp³-hybridized carbons (Fsp3) is 0.0952. The minimum absolute atomic E-state index is 0.226. The lowest BCUT2D eigenvalue weighted by molar-refractivity contribution is 0.627. The number of thioether (sulfide) groups is 1. The predicted octanol–water partition coefficient (Wildman–Crippen LogP) is 4.82. The van der Waals surface area contributed by atoms with Crippen LogP contribution in [0.3, 0.4) is 0 Å². The average molecular weight is 376 g/mol. The summed E-state index contributed by atoms with van der Waals surface area (Å²) in [5.41, 5.74) is 3.19. The van der Waals surface area contributed by atoms with Crippen LogP contribution >= 0.6 is 11.8 Å². The summed E-state index contributed by atoms with van der Waals surface area (Å²) in [4.78, 5) is 4.08. The molecule has 0 N–H and O–H groups in total. The maximum Gasteiger partial charge on any atom is 0.192 e. The maximum absolute atomic E-state index is 13.1. The van der Waals surface area contributed by atoms with E-state index in [4.69, 9.17) is 0 Å². The Morgan fingerprint density at radius 2 is 1.56 bits per heavy atom. The Kier molecular flexibility index (Phi) is 5.25. The Hall–Kier alpha value is -2.99. The summed E-state index contributed by atoms with van der Waals surface area (Å²) in [7, 11) is 0. The van der Waals surface area contributed by atoms with E-state index in [-0.39, 0.29) is 5.82 Å². The highest BCUT2D eigenvalue weighted by Crippen LogP contribution is 2.27. The van der Waals surface area contributed by atoms with E-state index in [1.807, 2.05) is 30.3 Å². The van der Waals surface area contributed by atoms with Gasteiger partial charge in [0.15, 0.2) is 11.0 Å². The van der Waals surface area contributed by atoms with Crippen LogP contribution in [0.5, 0.6) is 0 Å². The van der Waals surface area contributed by atoms with E-state index in [0.717, 1.165) is 22.1 Å². The second-order valence-electron chi connectivity index (χ2n) is 6.03. The van der Waals surface area contributed by atoms with Gasteiger partial charge in [-0.05, 0) is 35.4 Å². The van der Waals surface area contributed by atoms with E-state index in [1.54, 1.807) is 36.3 Å². The molecule has 0 bridgehead atoms. The molecule has 0 atom stereocenters. The highest BCUT2D eigenvalue weighted by Gasteiger charge is 2.15. The quantitative estimate of drug-likeness (QED) is 0.453. The number of pyridine rings is 1. The zero-order valence-corrected chi connectivity index (χ0v) is 15.3. The van der Waals surface area contributed by atoms with E-state index in [0.29, 0.717) is 12.3 Å². The lowest BCUT2D eigenvalue weighted by atomic mass is 10.2. The molecule has 4 rings (SSSR count). The molecule has 4 aromatic rings. The minimum atomic E-state index is -0.226. The van der Waals surface area contributed by atoms with Crippen LogP contribution in [0, 0.1) is 5.82 Å². The van der Waals surface area contributed by atoms with Crippen LogP contribution in [0.15, 0.2) is 84.3 Å². The van der Waals surface area contributed by atoms with Crippen LogP contribution in [-0.4, -0.2) is 19.7 Å². The molecule has 134 valence electrons. The summed E-state index contributed by atoms with van der Waals surface area (Å²) in [6, 6.07) is 20.6. The van der Waals surface area contributed by atoms with Gasteiger partial charge in [-0.15, -0.1) is 10.2 Å². The molecule has 0 amide bonds. The summed E-state index contributed by atoms with van der Waals surface area (Å²) in [6.45, 7) is 0.678. The number of rotatable bonds is 6. The number of hydrogen-bond acceptors (Lipinski definition) is 4. The first-order valence-corrected chi connectivity index (χ1v) is 9.53. The van der Waals surface area contributed by atoms with Crippen molar-refractivity contribution in [2.75, 3.05) is 0 Å². The summed E-state index contributed by atoms with van der Waals surface area (Å²) in [6.07, 6.45) is 3.50. The van der Waals surface area contributed by atoms with Gasteiger partial charge in [-0.2, -0.15) is 0 Å². The largest absolute Gasteiger partial charge is 0.298 e. The van der Waals surface area contributed by atoms with Crippen LogP contribution < -0.4 is 0 Å². The molecule has 0 aliphatic rings. The lowest BCUT2D eigenvalue weighted by Gasteiger charge is -2.10. The van der Waals surface area contributed by atoms with E-state index in [1.165, 1.54) is 17.7 Å². The first-order chi connectivity index (χ1) is 13.3. The number of aromatic nitrogens is 4. The molecule has 6 heteroatoms. The van der Waals surface area contributed by atoms with Crippen molar-refractivity contribution in [2.24, 2.45) is 0 Å². The van der Waals surface area contributed by atoms with Gasteiger partial charge < -0.3 is 0 Å². The third kappa shape index (κ3) is 4.23. The van der Waals surface area contributed by atoms with E-state index >= 15 is 0 Å². The molecule has 0 aliphatic carbocycles. The second kappa shape index (κ2) is 8.14. The Morgan fingerprint density at radius 1 is 0.815 bits per heavy atom. The van der Waals surface area contributed by atoms with E-state index < -0.39 is 0 Å². The Morgan fingerprint density at radius 3 is 2.30 bits per heavy atom. The van der Waals surface area contributed by atoms with Crippen molar-refractivity contribution in [2.45, 2.75) is 17.5 Å². The SMILES string of the molecule is Fc1ccc(CSc2nnc(-c3ccncc3)n2Cc2ccccc2)cc1. The summed E-state index contributed by atoms with van der Waals surface area (Å²) < 4.78 is 15.2. The molecule has 0 radical (unpaired) electrons. The van der Waals surface area contributed by atoms with Crippen molar-refractivity contribution in [3.63, 3.8) is 0 Å². The normalized spacial score (nSPS) is 10.9. The minimum Gasteiger partial charge on any atom is -0.298 e. The zero-order chi connectivity index (χ0) is 18.5. The highest BCUT2D eigenvalue weighted by molar-refractivity contribution is 7.98. The topological polar surface area (TPSA) is 43.6 Å². The molecular formula is C21H17FN4S. The van der Waals surface area contributed by atoms with Crippen molar-refractivity contribution in [3.8, 4) is 11.4 Å². The molecule has 0 saturated heterocycles. The average Bonchev–Trinajstić information content (AvgIpc) is 3.11. The van der Waals surface area contributed by atoms with Crippen LogP contribution in [0.25, 0.3) is 11.4 Å². The van der Waals surface area contributed by atoms with Gasteiger partial charge in [-0.3, -0.25) is 9.55 Å². The van der Waals surface area contributed by atoms with Gasteiger partial charge >= 0.3 is 0 Å². The first kappa shape index (κ1) is 17.4. The number of halogens is 1. The van der Waals surface area contributed by atoms with Crippen molar-refractivity contribution in [1.82, 2.24) is 19.7 Å². The lowest BCUT2D eigenvalue weighted by Crippen LogP contribution is -2.04. The van der Waals surface area contributed by atoms with E-state index in [2.05, 4.69) is 31.9 Å². The number of nitrogens with zero attached hydrogens (tertiary/aromatic N) is 4. The predicted molar refractivity (Wildman–Crippen MR) is 105 cm³/mol. The first-order valence-electron chi connectivity index (χ1n) is 8.54.